The lowest BCUT2D eigenvalue weighted by molar-refractivity contribution is -0.249. The van der Waals surface area contributed by atoms with Crippen LogP contribution in [0.1, 0.15) is 6.42 Å². The first-order valence-corrected chi connectivity index (χ1v) is 8.21. The third kappa shape index (κ3) is 3.29. The highest BCUT2D eigenvalue weighted by molar-refractivity contribution is 5.90. The third-order valence-corrected chi connectivity index (χ3v) is 4.88. The van der Waals surface area contributed by atoms with Crippen LogP contribution in [0.4, 0.5) is 20.6 Å². The number of hydrogen-bond acceptors (Lipinski definition) is 6. The Bertz CT molecular complexity index is 608. The van der Waals surface area contributed by atoms with E-state index in [0.29, 0.717) is 25.2 Å². The van der Waals surface area contributed by atoms with Gasteiger partial charge in [0.15, 0.2) is 6.17 Å². The summed E-state index contributed by atoms with van der Waals surface area (Å²) in [6.45, 7) is 0.876. The number of amides is 1. The zero-order valence-electron chi connectivity index (χ0n) is 14.4. The molecule has 2 saturated heterocycles. The van der Waals surface area contributed by atoms with Crippen molar-refractivity contribution in [3.63, 3.8) is 0 Å². The Labute approximate surface area is 145 Å². The maximum atomic E-state index is 14.5. The minimum atomic E-state index is -1.27. The third-order valence-electron chi connectivity index (χ3n) is 4.88. The molecule has 2 fully saturated rings. The summed E-state index contributed by atoms with van der Waals surface area (Å²) in [5, 5.41) is 9.10. The summed E-state index contributed by atoms with van der Waals surface area (Å²) in [5.74, 6) is -1.19. The maximum absolute atomic E-state index is 14.5. The lowest BCUT2D eigenvalue weighted by Crippen LogP contribution is -2.55. The zero-order chi connectivity index (χ0) is 18.0. The van der Waals surface area contributed by atoms with E-state index in [4.69, 9.17) is 19.3 Å². The number of carbonyl (C=O) groups excluding carboxylic acids is 1. The number of carbonyl (C=O) groups is 1. The van der Waals surface area contributed by atoms with Crippen molar-refractivity contribution < 1.29 is 28.5 Å². The van der Waals surface area contributed by atoms with Crippen molar-refractivity contribution >= 4 is 17.5 Å². The van der Waals surface area contributed by atoms with Crippen LogP contribution in [0.3, 0.4) is 0 Å². The van der Waals surface area contributed by atoms with Crippen LogP contribution in [0.2, 0.25) is 0 Å². The molecule has 0 radical (unpaired) electrons. The molecule has 1 N–H and O–H groups in total. The number of aliphatic hydroxyl groups excluding tert-OH is 1. The Morgan fingerprint density at radius 1 is 1.24 bits per heavy atom. The van der Waals surface area contributed by atoms with Crippen molar-refractivity contribution in [3.05, 3.63) is 24.3 Å². The van der Waals surface area contributed by atoms with E-state index < -0.39 is 24.2 Å². The van der Waals surface area contributed by atoms with E-state index in [2.05, 4.69) is 0 Å². The summed E-state index contributed by atoms with van der Waals surface area (Å²) in [6.07, 6.45) is -1.83. The molecule has 3 rings (SSSR count). The first kappa shape index (κ1) is 17.9. The molecule has 0 aromatic heterocycles. The quantitative estimate of drug-likeness (QED) is 0.809. The number of hydrogen-bond donors (Lipinski definition) is 1. The number of rotatable bonds is 5. The standard InChI is InChI=1S/C17H23FN2O5/c1-23-17(24-2)7-8-19(10-15(17)18)12-3-5-13(6-4-12)20-9-14(11-21)25-16(20)22/h3-6,14-15,21H,7-11H2,1-2H3. The maximum Gasteiger partial charge on any atom is 0.414 e. The SMILES string of the molecule is COC1(OC)CCN(c2ccc(N3CC(CO)OC3=O)cc2)CC1F. The highest BCUT2D eigenvalue weighted by atomic mass is 19.1. The van der Waals surface area contributed by atoms with E-state index >= 15 is 0 Å². The van der Waals surface area contributed by atoms with Gasteiger partial charge in [-0.15, -0.1) is 0 Å². The Hall–Kier alpha value is -1.90. The lowest BCUT2D eigenvalue weighted by Gasteiger charge is -2.42. The molecule has 2 unspecified atom stereocenters. The Balaban J connectivity index is 1.68. The normalized spacial score (nSPS) is 26.0. The summed E-state index contributed by atoms with van der Waals surface area (Å²) in [6, 6.07) is 7.26. The summed E-state index contributed by atoms with van der Waals surface area (Å²) < 4.78 is 30.0. The predicted molar refractivity (Wildman–Crippen MR) is 89.6 cm³/mol. The molecule has 25 heavy (non-hydrogen) atoms. The van der Waals surface area contributed by atoms with Crippen LogP contribution >= 0.6 is 0 Å². The minimum absolute atomic E-state index is 0.166. The topological polar surface area (TPSA) is 71.5 Å². The van der Waals surface area contributed by atoms with Gasteiger partial charge < -0.3 is 24.2 Å². The molecule has 2 atom stereocenters. The minimum Gasteiger partial charge on any atom is -0.441 e. The smallest absolute Gasteiger partial charge is 0.414 e. The largest absolute Gasteiger partial charge is 0.441 e. The van der Waals surface area contributed by atoms with Gasteiger partial charge in [-0.3, -0.25) is 4.90 Å². The first-order valence-electron chi connectivity index (χ1n) is 8.21. The molecule has 0 saturated carbocycles. The van der Waals surface area contributed by atoms with E-state index in [1.54, 1.807) is 12.1 Å². The average Bonchev–Trinajstić information content (AvgIpc) is 3.03. The summed E-state index contributed by atoms with van der Waals surface area (Å²) >= 11 is 0. The number of piperidine rings is 1. The number of methoxy groups -OCH3 is 2. The van der Waals surface area contributed by atoms with E-state index in [1.165, 1.54) is 19.1 Å². The number of ether oxygens (including phenoxy) is 3. The molecule has 1 aromatic carbocycles. The second-order valence-electron chi connectivity index (χ2n) is 6.20. The second-order valence-corrected chi connectivity index (χ2v) is 6.20. The fourth-order valence-electron chi connectivity index (χ4n) is 3.32. The first-order chi connectivity index (χ1) is 12.0. The molecule has 0 aliphatic carbocycles. The second kappa shape index (κ2) is 7.15. The van der Waals surface area contributed by atoms with Crippen LogP contribution in [0, 0.1) is 0 Å². The van der Waals surface area contributed by atoms with Gasteiger partial charge in [0.25, 0.3) is 0 Å². The molecular weight excluding hydrogens is 331 g/mol. The van der Waals surface area contributed by atoms with Crippen LogP contribution < -0.4 is 9.80 Å². The van der Waals surface area contributed by atoms with E-state index in [9.17, 15) is 9.18 Å². The fourth-order valence-corrected chi connectivity index (χ4v) is 3.32. The van der Waals surface area contributed by atoms with E-state index in [0.717, 1.165) is 5.69 Å². The van der Waals surface area contributed by atoms with Gasteiger partial charge in [-0.25, -0.2) is 9.18 Å². The fraction of sp³-hybridized carbons (Fsp3) is 0.588. The predicted octanol–water partition coefficient (Wildman–Crippen LogP) is 1.54. The number of benzene rings is 1. The monoisotopic (exact) mass is 354 g/mol. The van der Waals surface area contributed by atoms with Crippen molar-refractivity contribution in [1.82, 2.24) is 0 Å². The van der Waals surface area contributed by atoms with Crippen molar-refractivity contribution in [1.29, 1.82) is 0 Å². The Kier molecular flexibility index (Phi) is 5.12. The van der Waals surface area contributed by atoms with Crippen LogP contribution in [0.5, 0.6) is 0 Å². The molecule has 2 heterocycles. The van der Waals surface area contributed by atoms with Crippen molar-refractivity contribution in [3.8, 4) is 0 Å². The molecule has 1 amide bonds. The summed E-state index contributed by atoms with van der Waals surface area (Å²) in [5.41, 5.74) is 1.54. The molecule has 8 heteroatoms. The van der Waals surface area contributed by atoms with E-state index in [1.807, 2.05) is 17.0 Å². The number of cyclic esters (lactones) is 1. The molecule has 1 aromatic rings. The highest BCUT2D eigenvalue weighted by Gasteiger charge is 2.44. The average molecular weight is 354 g/mol. The summed E-state index contributed by atoms with van der Waals surface area (Å²) in [4.78, 5) is 15.2. The number of aliphatic hydroxyl groups is 1. The molecule has 0 bridgehead atoms. The Morgan fingerprint density at radius 3 is 2.40 bits per heavy atom. The van der Waals surface area contributed by atoms with Gasteiger partial charge in [0, 0.05) is 38.6 Å². The van der Waals surface area contributed by atoms with Crippen molar-refractivity contribution in [2.24, 2.45) is 0 Å². The van der Waals surface area contributed by atoms with Crippen LogP contribution in [0.15, 0.2) is 24.3 Å². The number of alkyl halides is 1. The van der Waals surface area contributed by atoms with Crippen LogP contribution in [0.25, 0.3) is 0 Å². The Morgan fingerprint density at radius 2 is 1.88 bits per heavy atom. The van der Waals surface area contributed by atoms with Gasteiger partial charge in [-0.2, -0.15) is 0 Å². The molecule has 2 aliphatic rings. The number of halogens is 1. The van der Waals surface area contributed by atoms with Crippen molar-refractivity contribution in [2.45, 2.75) is 24.5 Å². The van der Waals surface area contributed by atoms with Crippen LogP contribution in [-0.2, 0) is 14.2 Å². The number of nitrogens with zero attached hydrogens (tertiary/aromatic N) is 2. The molecule has 2 aliphatic heterocycles. The van der Waals surface area contributed by atoms with Gasteiger partial charge in [0.05, 0.1) is 19.7 Å². The molecular formula is C17H23FN2O5. The summed E-state index contributed by atoms with van der Waals surface area (Å²) in [7, 11) is 2.91. The van der Waals surface area contributed by atoms with Gasteiger partial charge in [0.2, 0.25) is 5.79 Å². The highest BCUT2D eigenvalue weighted by Crippen LogP contribution is 2.32. The molecule has 0 spiro atoms. The van der Waals surface area contributed by atoms with Gasteiger partial charge in [-0.05, 0) is 24.3 Å². The number of anilines is 2. The molecule has 138 valence electrons. The van der Waals surface area contributed by atoms with Gasteiger partial charge in [-0.1, -0.05) is 0 Å². The zero-order valence-corrected chi connectivity index (χ0v) is 14.4. The van der Waals surface area contributed by atoms with Crippen molar-refractivity contribution in [2.75, 3.05) is 50.3 Å². The molecule has 7 nitrogen and oxygen atoms in total. The van der Waals surface area contributed by atoms with Gasteiger partial charge >= 0.3 is 6.09 Å². The lowest BCUT2D eigenvalue weighted by atomic mass is 10.0. The van der Waals surface area contributed by atoms with Crippen LogP contribution in [-0.4, -0.2) is 69.7 Å². The van der Waals surface area contributed by atoms with Gasteiger partial charge in [0.1, 0.15) is 6.10 Å². The van der Waals surface area contributed by atoms with E-state index in [-0.39, 0.29) is 13.2 Å².